The van der Waals surface area contributed by atoms with Crippen LogP contribution in [-0.4, -0.2) is 27.8 Å². The highest BCUT2D eigenvalue weighted by molar-refractivity contribution is 6.32. The molecule has 1 aliphatic heterocycles. The van der Waals surface area contributed by atoms with Crippen LogP contribution in [0.1, 0.15) is 37.9 Å². The fourth-order valence-corrected chi connectivity index (χ4v) is 4.75. The molecule has 1 aliphatic rings. The van der Waals surface area contributed by atoms with Gasteiger partial charge in [-0.25, -0.2) is 8.78 Å². The van der Waals surface area contributed by atoms with Gasteiger partial charge in [-0.3, -0.25) is 14.3 Å². The molecule has 0 aliphatic carbocycles. The number of rotatable bonds is 4. The zero-order chi connectivity index (χ0) is 26.6. The van der Waals surface area contributed by atoms with Crippen LogP contribution in [0.4, 0.5) is 27.6 Å². The zero-order valence-electron chi connectivity index (χ0n) is 18.3. The first kappa shape index (κ1) is 25.0. The van der Waals surface area contributed by atoms with Crippen molar-refractivity contribution in [2.45, 2.75) is 18.8 Å². The molecule has 1 atom stereocenters. The summed E-state index contributed by atoms with van der Waals surface area (Å²) in [5.41, 5.74) is -0.137. The number of nitrogens with one attached hydrogen (secondary N) is 2. The Morgan fingerprint density at radius 2 is 1.84 bits per heavy atom. The van der Waals surface area contributed by atoms with Gasteiger partial charge in [0, 0.05) is 37.8 Å². The molecule has 5 rings (SSSR count). The second-order valence-corrected chi connectivity index (χ2v) is 9.09. The van der Waals surface area contributed by atoms with Gasteiger partial charge in [-0.2, -0.15) is 18.3 Å². The number of amides is 2. The Hall–Kier alpha value is -3.70. The molecule has 3 aromatic carbocycles. The maximum Gasteiger partial charge on any atom is 0.408 e. The van der Waals surface area contributed by atoms with E-state index >= 15 is 0 Å². The number of hydrogen-bond acceptors (Lipinski definition) is 3. The summed E-state index contributed by atoms with van der Waals surface area (Å²) in [7, 11) is 0. The Morgan fingerprint density at radius 3 is 2.54 bits per heavy atom. The summed E-state index contributed by atoms with van der Waals surface area (Å²) in [5, 5.41) is 9.06. The van der Waals surface area contributed by atoms with Crippen molar-refractivity contribution in [3.63, 3.8) is 0 Å². The minimum absolute atomic E-state index is 0.0599. The molecule has 4 aromatic rings. The summed E-state index contributed by atoms with van der Waals surface area (Å²) in [6.45, 7) is -1.46. The van der Waals surface area contributed by atoms with Gasteiger partial charge in [0.05, 0.1) is 23.3 Å². The highest BCUT2D eigenvalue weighted by Crippen LogP contribution is 2.43. The molecule has 0 spiro atoms. The lowest BCUT2D eigenvalue weighted by Gasteiger charge is -2.19. The Labute approximate surface area is 215 Å². The first-order valence-electron chi connectivity index (χ1n) is 10.5. The number of benzene rings is 3. The molecule has 37 heavy (non-hydrogen) atoms. The van der Waals surface area contributed by atoms with Gasteiger partial charge in [0.25, 0.3) is 11.8 Å². The molecule has 0 saturated carbocycles. The lowest BCUT2D eigenvalue weighted by atomic mass is 9.94. The van der Waals surface area contributed by atoms with E-state index in [0.29, 0.717) is 4.68 Å². The third-order valence-electron chi connectivity index (χ3n) is 5.75. The molecule has 0 radical (unpaired) electrons. The van der Waals surface area contributed by atoms with Crippen molar-refractivity contribution in [1.82, 2.24) is 15.1 Å². The van der Waals surface area contributed by atoms with Gasteiger partial charge in [0.15, 0.2) is 0 Å². The zero-order valence-corrected chi connectivity index (χ0v) is 19.8. The Kier molecular flexibility index (Phi) is 6.07. The number of fused-ring (bicyclic) bond motifs is 3. The van der Waals surface area contributed by atoms with Crippen LogP contribution in [0.2, 0.25) is 10.0 Å². The molecule has 2 N–H and O–H groups in total. The quantitative estimate of drug-likeness (QED) is 0.292. The molecular weight excluding hydrogens is 542 g/mol. The second kappa shape index (κ2) is 9.00. The maximum absolute atomic E-state index is 14.1. The number of aromatic nitrogens is 2. The van der Waals surface area contributed by atoms with Crippen LogP contribution in [0, 0.1) is 11.6 Å². The fraction of sp³-hybridized carbons (Fsp3) is 0.125. The van der Waals surface area contributed by atoms with Crippen LogP contribution in [0.3, 0.4) is 0 Å². The third kappa shape index (κ3) is 4.72. The topological polar surface area (TPSA) is 76.0 Å². The Morgan fingerprint density at radius 1 is 1.08 bits per heavy atom. The summed E-state index contributed by atoms with van der Waals surface area (Å²) < 4.78 is 68.1. The minimum atomic E-state index is -4.63. The third-order valence-corrected chi connectivity index (χ3v) is 6.31. The SMILES string of the molecule is O=C(Nc1cc2c(cnn2CC(F)(F)F)c2c1[C@@H](c1cc(F)ccc1Cl)NC2=O)c1cc(F)cc(Cl)c1. The minimum Gasteiger partial charge on any atom is -0.341 e. The molecule has 2 heterocycles. The van der Waals surface area contributed by atoms with Crippen molar-refractivity contribution in [1.29, 1.82) is 0 Å². The van der Waals surface area contributed by atoms with Gasteiger partial charge < -0.3 is 10.6 Å². The number of halogens is 7. The summed E-state index contributed by atoms with van der Waals surface area (Å²) in [5.74, 6) is -2.99. The predicted octanol–water partition coefficient (Wildman–Crippen LogP) is 6.27. The van der Waals surface area contributed by atoms with Crippen LogP contribution >= 0.6 is 23.2 Å². The van der Waals surface area contributed by atoms with E-state index in [4.69, 9.17) is 23.2 Å². The molecule has 1 aromatic heterocycles. The predicted molar refractivity (Wildman–Crippen MR) is 126 cm³/mol. The maximum atomic E-state index is 14.1. The van der Waals surface area contributed by atoms with Crippen molar-refractivity contribution < 1.29 is 31.5 Å². The van der Waals surface area contributed by atoms with E-state index in [9.17, 15) is 31.5 Å². The lowest BCUT2D eigenvalue weighted by Crippen LogP contribution is -2.21. The number of carbonyl (C=O) groups is 2. The monoisotopic (exact) mass is 554 g/mol. The van der Waals surface area contributed by atoms with E-state index in [1.807, 2.05) is 0 Å². The van der Waals surface area contributed by atoms with Crippen molar-refractivity contribution in [3.8, 4) is 0 Å². The van der Waals surface area contributed by atoms with Gasteiger partial charge >= 0.3 is 6.18 Å². The largest absolute Gasteiger partial charge is 0.408 e. The molecule has 0 fully saturated rings. The van der Waals surface area contributed by atoms with Crippen molar-refractivity contribution >= 4 is 51.6 Å². The summed E-state index contributed by atoms with van der Waals surface area (Å²) in [6.07, 6.45) is -3.52. The standard InChI is InChI=1S/C24H13Cl2F5N4O2/c25-11-3-10(4-13(28)5-11)22(36)33-17-7-18-15(8-32-35(18)9-24(29,30)31)19-20(17)21(34-23(19)37)14-6-12(27)1-2-16(14)26/h1-8,21H,9H2,(H,33,36)(H,34,37)/t21-/m1/s1. The molecule has 0 unspecified atom stereocenters. The first-order valence-corrected chi connectivity index (χ1v) is 11.3. The fourth-order valence-electron chi connectivity index (χ4n) is 4.30. The average molecular weight is 555 g/mol. The van der Waals surface area contributed by atoms with Gasteiger partial charge in [-0.15, -0.1) is 0 Å². The van der Waals surface area contributed by atoms with Gasteiger partial charge in [-0.05, 0) is 42.5 Å². The summed E-state index contributed by atoms with van der Waals surface area (Å²) >= 11 is 12.1. The van der Waals surface area contributed by atoms with E-state index < -0.39 is 42.2 Å². The van der Waals surface area contributed by atoms with Gasteiger partial charge in [0.2, 0.25) is 0 Å². The highest BCUT2D eigenvalue weighted by Gasteiger charge is 2.38. The molecule has 190 valence electrons. The first-order chi connectivity index (χ1) is 17.4. The van der Waals surface area contributed by atoms with Crippen molar-refractivity contribution in [2.24, 2.45) is 0 Å². The lowest BCUT2D eigenvalue weighted by molar-refractivity contribution is -0.141. The normalized spacial score (nSPS) is 15.1. The number of anilines is 1. The number of hydrogen-bond donors (Lipinski definition) is 2. The van der Waals surface area contributed by atoms with Crippen molar-refractivity contribution in [2.75, 3.05) is 5.32 Å². The van der Waals surface area contributed by atoms with E-state index in [1.165, 1.54) is 18.2 Å². The molecule has 13 heteroatoms. The molecular formula is C24H13Cl2F5N4O2. The van der Waals surface area contributed by atoms with Crippen LogP contribution in [-0.2, 0) is 6.54 Å². The van der Waals surface area contributed by atoms with Crippen LogP contribution in [0.15, 0.2) is 48.7 Å². The Bertz CT molecular complexity index is 1580. The van der Waals surface area contributed by atoms with E-state index in [2.05, 4.69) is 15.7 Å². The Balaban J connectivity index is 1.72. The van der Waals surface area contributed by atoms with Crippen LogP contribution < -0.4 is 10.6 Å². The van der Waals surface area contributed by atoms with E-state index in [0.717, 1.165) is 30.5 Å². The van der Waals surface area contributed by atoms with Gasteiger partial charge in [-0.1, -0.05) is 23.2 Å². The smallest absolute Gasteiger partial charge is 0.341 e. The number of alkyl halides is 3. The second-order valence-electron chi connectivity index (χ2n) is 8.25. The van der Waals surface area contributed by atoms with Crippen molar-refractivity contribution in [3.05, 3.63) is 92.6 Å². The van der Waals surface area contributed by atoms with Crippen LogP contribution in [0.25, 0.3) is 10.9 Å². The van der Waals surface area contributed by atoms with Crippen LogP contribution in [0.5, 0.6) is 0 Å². The number of nitrogens with zero attached hydrogens (tertiary/aromatic N) is 2. The van der Waals surface area contributed by atoms with E-state index in [1.54, 1.807) is 0 Å². The van der Waals surface area contributed by atoms with Gasteiger partial charge in [0.1, 0.15) is 18.2 Å². The summed E-state index contributed by atoms with van der Waals surface area (Å²) in [4.78, 5) is 26.1. The molecule has 0 bridgehead atoms. The number of carbonyl (C=O) groups excluding carboxylic acids is 2. The molecule has 0 saturated heterocycles. The summed E-state index contributed by atoms with van der Waals surface area (Å²) in [6, 6.07) is 6.74. The average Bonchev–Trinajstić information content (AvgIpc) is 3.34. The molecule has 2 amide bonds. The highest BCUT2D eigenvalue weighted by atomic mass is 35.5. The van der Waals surface area contributed by atoms with E-state index in [-0.39, 0.29) is 48.9 Å². The molecule has 6 nitrogen and oxygen atoms in total.